The fraction of sp³-hybridized carbons (Fsp3) is 0.200. The third-order valence-electron chi connectivity index (χ3n) is 2.25. The second-order valence-electron chi connectivity index (χ2n) is 3.20. The summed E-state index contributed by atoms with van der Waals surface area (Å²) < 4.78 is 5.95. The van der Waals surface area contributed by atoms with Gasteiger partial charge in [0.05, 0.1) is 17.5 Å². The van der Waals surface area contributed by atoms with Crippen molar-refractivity contribution >= 4 is 17.1 Å². The van der Waals surface area contributed by atoms with E-state index in [4.69, 9.17) is 4.42 Å². The number of oxazole rings is 1. The number of hydrogen-bond acceptors (Lipinski definition) is 4. The van der Waals surface area contributed by atoms with Gasteiger partial charge < -0.3 is 14.3 Å². The number of carboxylic acids is 1. The van der Waals surface area contributed by atoms with Crippen LogP contribution in [-0.4, -0.2) is 10.5 Å². The third kappa shape index (κ3) is 1.41. The van der Waals surface area contributed by atoms with Crippen molar-refractivity contribution in [2.75, 3.05) is 0 Å². The van der Waals surface area contributed by atoms with E-state index in [0.717, 1.165) is 4.57 Å². The Kier molecular flexibility index (Phi) is 2.07. The Hall–Kier alpha value is -2.04. The molecule has 1 aromatic carbocycles. The van der Waals surface area contributed by atoms with E-state index in [1.54, 1.807) is 24.3 Å². The number of carboxylic acid groups (broad SMARTS) is 1. The molecule has 2 rings (SSSR count). The van der Waals surface area contributed by atoms with Crippen LogP contribution < -0.4 is 10.9 Å². The van der Waals surface area contributed by atoms with E-state index in [0.29, 0.717) is 11.1 Å². The summed E-state index contributed by atoms with van der Waals surface area (Å²) in [6, 6.07) is 5.60. The molecule has 15 heavy (non-hydrogen) atoms. The molecule has 0 aliphatic heterocycles. The molecule has 0 radical (unpaired) electrons. The highest BCUT2D eigenvalue weighted by Gasteiger charge is 2.14. The van der Waals surface area contributed by atoms with Crippen molar-refractivity contribution in [3.05, 3.63) is 34.8 Å². The molecule has 0 unspecified atom stereocenters. The third-order valence-corrected chi connectivity index (χ3v) is 2.25. The highest BCUT2D eigenvalue weighted by atomic mass is 16.4. The van der Waals surface area contributed by atoms with Crippen molar-refractivity contribution in [2.24, 2.45) is 0 Å². The van der Waals surface area contributed by atoms with E-state index >= 15 is 0 Å². The second kappa shape index (κ2) is 3.27. The van der Waals surface area contributed by atoms with Crippen molar-refractivity contribution < 1.29 is 14.3 Å². The van der Waals surface area contributed by atoms with Crippen LogP contribution in [0, 0.1) is 0 Å². The number of rotatable bonds is 2. The number of carbonyl (C=O) groups is 1. The first-order valence-electron chi connectivity index (χ1n) is 4.42. The molecular weight excluding hydrogens is 198 g/mol. The SMILES string of the molecule is C[C@H](C(=O)[O-])n1c(=O)oc2ccccc21. The van der Waals surface area contributed by atoms with Crippen LogP contribution in [0.25, 0.3) is 11.1 Å². The monoisotopic (exact) mass is 206 g/mol. The Bertz CT molecular complexity index is 566. The molecule has 0 aliphatic rings. The molecule has 0 saturated heterocycles. The standard InChI is InChI=1S/C10H9NO4/c1-6(9(12)13)11-7-4-2-3-5-8(7)15-10(11)14/h2-6H,1H3,(H,12,13)/p-1/t6-/m1/s1. The molecule has 1 aromatic heterocycles. The molecule has 0 amide bonds. The van der Waals surface area contributed by atoms with Gasteiger partial charge in [-0.3, -0.25) is 4.57 Å². The zero-order valence-corrected chi connectivity index (χ0v) is 7.97. The largest absolute Gasteiger partial charge is 0.548 e. The van der Waals surface area contributed by atoms with Gasteiger partial charge in [-0.05, 0) is 19.1 Å². The predicted molar refractivity (Wildman–Crippen MR) is 50.2 cm³/mol. The highest BCUT2D eigenvalue weighted by Crippen LogP contribution is 2.15. The van der Waals surface area contributed by atoms with Gasteiger partial charge in [-0.2, -0.15) is 0 Å². The van der Waals surface area contributed by atoms with Crippen LogP contribution in [0.15, 0.2) is 33.5 Å². The van der Waals surface area contributed by atoms with E-state index in [-0.39, 0.29) is 0 Å². The van der Waals surface area contributed by atoms with Gasteiger partial charge in [-0.15, -0.1) is 0 Å². The Labute approximate surface area is 84.5 Å². The van der Waals surface area contributed by atoms with Crippen LogP contribution in [0.1, 0.15) is 13.0 Å². The quantitative estimate of drug-likeness (QED) is 0.687. The van der Waals surface area contributed by atoms with Crippen molar-refractivity contribution in [3.63, 3.8) is 0 Å². The fourth-order valence-electron chi connectivity index (χ4n) is 1.46. The minimum Gasteiger partial charge on any atom is -0.548 e. The summed E-state index contributed by atoms with van der Waals surface area (Å²) in [7, 11) is 0. The normalized spacial score (nSPS) is 12.9. The topological polar surface area (TPSA) is 75.3 Å². The van der Waals surface area contributed by atoms with Crippen LogP contribution >= 0.6 is 0 Å². The van der Waals surface area contributed by atoms with Gasteiger partial charge in [0.1, 0.15) is 0 Å². The minimum atomic E-state index is -1.32. The van der Waals surface area contributed by atoms with Gasteiger partial charge in [0.2, 0.25) is 0 Å². The average molecular weight is 206 g/mol. The van der Waals surface area contributed by atoms with Crippen LogP contribution in [0.2, 0.25) is 0 Å². The van der Waals surface area contributed by atoms with Crippen LogP contribution in [0.4, 0.5) is 0 Å². The number of carbonyl (C=O) groups excluding carboxylic acids is 1. The Balaban J connectivity index is 2.74. The molecule has 2 aromatic rings. The van der Waals surface area contributed by atoms with Gasteiger partial charge in [0, 0.05) is 0 Å². The molecule has 0 spiro atoms. The maximum atomic E-state index is 11.4. The number of fused-ring (bicyclic) bond motifs is 1. The van der Waals surface area contributed by atoms with Crippen LogP contribution in [-0.2, 0) is 4.79 Å². The van der Waals surface area contributed by atoms with Gasteiger partial charge in [-0.25, -0.2) is 4.79 Å². The van der Waals surface area contributed by atoms with Crippen LogP contribution in [0.3, 0.4) is 0 Å². The zero-order chi connectivity index (χ0) is 11.0. The summed E-state index contributed by atoms with van der Waals surface area (Å²) in [5.74, 6) is -2.00. The lowest BCUT2D eigenvalue weighted by molar-refractivity contribution is -0.309. The van der Waals surface area contributed by atoms with Crippen LogP contribution in [0.5, 0.6) is 0 Å². The summed E-state index contributed by atoms with van der Waals surface area (Å²) in [6.07, 6.45) is 0. The number of nitrogens with zero attached hydrogens (tertiary/aromatic N) is 1. The Morgan fingerprint density at radius 3 is 2.80 bits per heavy atom. The molecule has 1 atom stereocenters. The first-order chi connectivity index (χ1) is 7.11. The highest BCUT2D eigenvalue weighted by molar-refractivity contribution is 5.77. The van der Waals surface area contributed by atoms with E-state index in [1.807, 2.05) is 0 Å². The molecule has 78 valence electrons. The first-order valence-corrected chi connectivity index (χ1v) is 4.42. The lowest BCUT2D eigenvalue weighted by Gasteiger charge is -2.12. The average Bonchev–Trinajstić information content (AvgIpc) is 2.52. The maximum absolute atomic E-state index is 11.4. The molecule has 0 N–H and O–H groups in total. The molecule has 5 nitrogen and oxygen atoms in total. The summed E-state index contributed by atoms with van der Waals surface area (Å²) >= 11 is 0. The van der Waals surface area contributed by atoms with Crippen molar-refractivity contribution in [2.45, 2.75) is 13.0 Å². The van der Waals surface area contributed by atoms with Crippen molar-refractivity contribution in [1.29, 1.82) is 0 Å². The Morgan fingerprint density at radius 2 is 2.13 bits per heavy atom. The zero-order valence-electron chi connectivity index (χ0n) is 7.97. The first kappa shape index (κ1) is 9.51. The fourth-order valence-corrected chi connectivity index (χ4v) is 1.46. The molecule has 0 aliphatic carbocycles. The minimum absolute atomic E-state index is 0.371. The van der Waals surface area contributed by atoms with E-state index in [9.17, 15) is 14.7 Å². The molecule has 0 bridgehead atoms. The molecule has 0 fully saturated rings. The Morgan fingerprint density at radius 1 is 1.47 bits per heavy atom. The van der Waals surface area contributed by atoms with Gasteiger partial charge >= 0.3 is 5.76 Å². The summed E-state index contributed by atoms with van der Waals surface area (Å²) in [5, 5.41) is 10.7. The maximum Gasteiger partial charge on any atom is 0.420 e. The van der Waals surface area contributed by atoms with E-state index in [1.165, 1.54) is 6.92 Å². The number of hydrogen-bond donors (Lipinski definition) is 0. The number of aromatic nitrogens is 1. The predicted octanol–water partition coefficient (Wildman–Crippen LogP) is -0.0946. The lowest BCUT2D eigenvalue weighted by Crippen LogP contribution is -2.35. The smallest absolute Gasteiger partial charge is 0.420 e. The van der Waals surface area contributed by atoms with E-state index in [2.05, 4.69) is 0 Å². The number of para-hydroxylation sites is 2. The molecule has 0 saturated carbocycles. The number of aliphatic carboxylic acids is 1. The summed E-state index contributed by atoms with van der Waals surface area (Å²) in [5.41, 5.74) is 0.829. The number of benzene rings is 1. The van der Waals surface area contributed by atoms with Gasteiger partial charge in [-0.1, -0.05) is 12.1 Å². The van der Waals surface area contributed by atoms with Crippen molar-refractivity contribution in [3.8, 4) is 0 Å². The van der Waals surface area contributed by atoms with Gasteiger partial charge in [0.15, 0.2) is 5.58 Å². The van der Waals surface area contributed by atoms with Gasteiger partial charge in [0.25, 0.3) is 0 Å². The molecule has 1 heterocycles. The van der Waals surface area contributed by atoms with E-state index < -0.39 is 17.8 Å². The molecule has 5 heteroatoms. The summed E-state index contributed by atoms with van der Waals surface area (Å²) in [6.45, 7) is 1.37. The molecular formula is C10H8NO4-. The lowest BCUT2D eigenvalue weighted by atomic mass is 10.3. The second-order valence-corrected chi connectivity index (χ2v) is 3.20. The van der Waals surface area contributed by atoms with Crippen molar-refractivity contribution in [1.82, 2.24) is 4.57 Å². The summed E-state index contributed by atoms with van der Waals surface area (Å²) in [4.78, 5) is 22.1.